The molecule has 0 aliphatic heterocycles. The number of carbonyl (C=O) groups is 4. The Morgan fingerprint density at radius 1 is 1.03 bits per heavy atom. The number of aromatic amines is 1. The number of carbonyl (C=O) groups excluding carboxylic acids is 3. The van der Waals surface area contributed by atoms with Crippen molar-refractivity contribution in [3.05, 3.63) is 54.4 Å². The van der Waals surface area contributed by atoms with Gasteiger partial charge in [0, 0.05) is 51.9 Å². The third-order valence-electron chi connectivity index (χ3n) is 4.11. The molecule has 0 fully saturated rings. The van der Waals surface area contributed by atoms with E-state index in [1.165, 1.54) is 29.8 Å². The lowest BCUT2D eigenvalue weighted by molar-refractivity contribution is -0.114. The number of ether oxygens (including phenoxy) is 2. The van der Waals surface area contributed by atoms with Crippen LogP contribution in [0.5, 0.6) is 5.75 Å². The van der Waals surface area contributed by atoms with Crippen molar-refractivity contribution in [1.29, 1.82) is 0 Å². The number of nitrogens with zero attached hydrogens (tertiary/aromatic N) is 2. The molecule has 0 aliphatic rings. The molecule has 0 saturated heterocycles. The van der Waals surface area contributed by atoms with Gasteiger partial charge in [0.05, 0.1) is 11.4 Å². The van der Waals surface area contributed by atoms with E-state index in [2.05, 4.69) is 15.6 Å². The van der Waals surface area contributed by atoms with Crippen molar-refractivity contribution in [3.63, 3.8) is 0 Å². The second-order valence-electron chi connectivity index (χ2n) is 8.54. The van der Waals surface area contributed by atoms with Crippen LogP contribution in [0.4, 0.5) is 16.2 Å². The number of amides is 2. The standard InChI is InChI=1S/C13H13N3O5.C10H16N2O2/c1-7(17)15-8-3-11(16(2)6-8)13(20)21-9-4-10(12(18)19)14-5-9;1-10(2,3)14-9(13)11-8-5-6-12(4)7-8/h3-6,14H,1-2H3,(H,15,17)(H,18,19);5-7H,1-4H3,(H,11,13). The van der Waals surface area contributed by atoms with E-state index in [-0.39, 0.29) is 23.0 Å². The summed E-state index contributed by atoms with van der Waals surface area (Å²) in [4.78, 5) is 47.4. The van der Waals surface area contributed by atoms with E-state index in [0.29, 0.717) is 5.69 Å². The van der Waals surface area contributed by atoms with Crippen LogP contribution in [0, 0.1) is 0 Å². The molecule has 3 heterocycles. The normalized spacial score (nSPS) is 10.6. The lowest BCUT2D eigenvalue weighted by Gasteiger charge is -2.19. The van der Waals surface area contributed by atoms with Gasteiger partial charge in [0.1, 0.15) is 22.7 Å². The molecular formula is C23H29N5O7. The number of aryl methyl sites for hydroxylation is 2. The number of H-pyrrole nitrogens is 1. The SMILES string of the molecule is CC(=O)Nc1cc(C(=O)Oc2c[nH]c(C(=O)O)c2)n(C)c1.Cn1ccc(NC(=O)OC(C)(C)C)c1. The zero-order valence-electron chi connectivity index (χ0n) is 20.3. The van der Waals surface area contributed by atoms with Crippen LogP contribution in [-0.4, -0.2) is 48.8 Å². The van der Waals surface area contributed by atoms with E-state index in [1.807, 2.05) is 50.8 Å². The Hall–Kier alpha value is -4.48. The average Bonchev–Trinajstić information content (AvgIpc) is 3.41. The maximum atomic E-state index is 12.0. The molecule has 0 aliphatic carbocycles. The van der Waals surface area contributed by atoms with Crippen molar-refractivity contribution < 1.29 is 33.8 Å². The van der Waals surface area contributed by atoms with Crippen LogP contribution >= 0.6 is 0 Å². The topological polar surface area (TPSA) is 157 Å². The molecule has 2 amide bonds. The lowest BCUT2D eigenvalue weighted by atomic mass is 10.2. The molecule has 0 saturated carbocycles. The van der Waals surface area contributed by atoms with Crippen LogP contribution in [0.2, 0.25) is 0 Å². The zero-order chi connectivity index (χ0) is 26.3. The quantitative estimate of drug-likeness (QED) is 0.401. The van der Waals surface area contributed by atoms with E-state index >= 15 is 0 Å². The smallest absolute Gasteiger partial charge is 0.412 e. The molecule has 188 valence electrons. The first kappa shape index (κ1) is 26.8. The van der Waals surface area contributed by atoms with Gasteiger partial charge in [-0.1, -0.05) is 0 Å². The van der Waals surface area contributed by atoms with Crippen molar-refractivity contribution >= 4 is 35.3 Å². The Labute approximate surface area is 201 Å². The number of hydrogen-bond acceptors (Lipinski definition) is 6. The first-order chi connectivity index (χ1) is 16.2. The molecular weight excluding hydrogens is 458 g/mol. The third kappa shape index (κ3) is 8.76. The summed E-state index contributed by atoms with van der Waals surface area (Å²) >= 11 is 0. The summed E-state index contributed by atoms with van der Waals surface area (Å²) in [5.41, 5.74) is 0.887. The van der Waals surface area contributed by atoms with Crippen LogP contribution in [0.15, 0.2) is 43.0 Å². The highest BCUT2D eigenvalue weighted by Crippen LogP contribution is 2.18. The summed E-state index contributed by atoms with van der Waals surface area (Å²) in [5.74, 6) is -1.97. The van der Waals surface area contributed by atoms with E-state index in [1.54, 1.807) is 13.2 Å². The number of esters is 1. The van der Waals surface area contributed by atoms with Crippen molar-refractivity contribution in [2.24, 2.45) is 14.1 Å². The molecule has 0 radical (unpaired) electrons. The minimum Gasteiger partial charge on any atom is -0.477 e. The number of aromatic carboxylic acids is 1. The van der Waals surface area contributed by atoms with Gasteiger partial charge in [-0.3, -0.25) is 10.1 Å². The van der Waals surface area contributed by atoms with Gasteiger partial charge >= 0.3 is 18.0 Å². The molecule has 3 aromatic heterocycles. The molecule has 0 aromatic carbocycles. The average molecular weight is 488 g/mol. The fourth-order valence-corrected chi connectivity index (χ4v) is 2.75. The van der Waals surface area contributed by atoms with Gasteiger partial charge in [0.15, 0.2) is 0 Å². The molecule has 0 unspecified atom stereocenters. The molecule has 4 N–H and O–H groups in total. The molecule has 35 heavy (non-hydrogen) atoms. The highest BCUT2D eigenvalue weighted by atomic mass is 16.6. The van der Waals surface area contributed by atoms with E-state index in [9.17, 15) is 19.2 Å². The first-order valence-corrected chi connectivity index (χ1v) is 10.4. The Balaban J connectivity index is 0.000000269. The Kier molecular flexibility index (Phi) is 8.49. The van der Waals surface area contributed by atoms with Crippen LogP contribution < -0.4 is 15.4 Å². The molecule has 3 aromatic rings. The number of carboxylic acids is 1. The lowest BCUT2D eigenvalue weighted by Crippen LogP contribution is -2.27. The highest BCUT2D eigenvalue weighted by molar-refractivity contribution is 5.94. The van der Waals surface area contributed by atoms with Gasteiger partial charge in [-0.2, -0.15) is 0 Å². The second kappa shape index (κ2) is 11.1. The summed E-state index contributed by atoms with van der Waals surface area (Å²) in [7, 11) is 3.52. The Morgan fingerprint density at radius 3 is 2.23 bits per heavy atom. The zero-order valence-corrected chi connectivity index (χ0v) is 20.3. The second-order valence-corrected chi connectivity index (χ2v) is 8.54. The summed E-state index contributed by atoms with van der Waals surface area (Å²) in [6, 6.07) is 4.48. The number of rotatable bonds is 5. The molecule has 0 spiro atoms. The fourth-order valence-electron chi connectivity index (χ4n) is 2.75. The number of anilines is 2. The van der Waals surface area contributed by atoms with Gasteiger partial charge in [-0.15, -0.1) is 0 Å². The number of carboxylic acid groups (broad SMARTS) is 1. The first-order valence-electron chi connectivity index (χ1n) is 10.4. The summed E-state index contributed by atoms with van der Waals surface area (Å²) in [5, 5.41) is 14.0. The number of hydrogen-bond donors (Lipinski definition) is 4. The minimum absolute atomic E-state index is 0.0800. The van der Waals surface area contributed by atoms with Crippen LogP contribution in [-0.2, 0) is 23.6 Å². The van der Waals surface area contributed by atoms with Crippen molar-refractivity contribution in [2.75, 3.05) is 10.6 Å². The number of aromatic nitrogens is 3. The maximum Gasteiger partial charge on any atom is 0.412 e. The Morgan fingerprint density at radius 2 is 1.71 bits per heavy atom. The molecule has 12 heteroatoms. The molecule has 0 bridgehead atoms. The third-order valence-corrected chi connectivity index (χ3v) is 4.11. The van der Waals surface area contributed by atoms with Crippen molar-refractivity contribution in [2.45, 2.75) is 33.3 Å². The maximum absolute atomic E-state index is 12.0. The number of nitrogens with one attached hydrogen (secondary N) is 3. The van der Waals surface area contributed by atoms with Crippen LogP contribution in [0.1, 0.15) is 48.7 Å². The predicted octanol–water partition coefficient (Wildman–Crippen LogP) is 3.60. The fraction of sp³-hybridized carbons (Fsp3) is 0.304. The molecule has 0 atom stereocenters. The molecule has 12 nitrogen and oxygen atoms in total. The monoisotopic (exact) mass is 487 g/mol. The molecule has 3 rings (SSSR count). The minimum atomic E-state index is -1.15. The summed E-state index contributed by atoms with van der Waals surface area (Å²) < 4.78 is 13.5. The van der Waals surface area contributed by atoms with E-state index in [0.717, 1.165) is 5.69 Å². The predicted molar refractivity (Wildman–Crippen MR) is 128 cm³/mol. The van der Waals surface area contributed by atoms with Gasteiger partial charge in [0.25, 0.3) is 0 Å². The Bertz CT molecular complexity index is 1210. The van der Waals surface area contributed by atoms with Crippen molar-refractivity contribution in [1.82, 2.24) is 14.1 Å². The van der Waals surface area contributed by atoms with E-state index in [4.69, 9.17) is 14.6 Å². The summed E-state index contributed by atoms with van der Waals surface area (Å²) in [6.07, 6.45) is 6.08. The van der Waals surface area contributed by atoms with Gasteiger partial charge in [-0.05, 0) is 32.9 Å². The van der Waals surface area contributed by atoms with Gasteiger partial charge in [-0.25, -0.2) is 14.4 Å². The van der Waals surface area contributed by atoms with Crippen LogP contribution in [0.25, 0.3) is 0 Å². The van der Waals surface area contributed by atoms with E-state index < -0.39 is 23.6 Å². The highest BCUT2D eigenvalue weighted by Gasteiger charge is 2.17. The largest absolute Gasteiger partial charge is 0.477 e. The van der Waals surface area contributed by atoms with Gasteiger partial charge < -0.3 is 34.0 Å². The van der Waals surface area contributed by atoms with Crippen LogP contribution in [0.3, 0.4) is 0 Å². The van der Waals surface area contributed by atoms with Gasteiger partial charge in [0.2, 0.25) is 5.91 Å². The van der Waals surface area contributed by atoms with Crippen molar-refractivity contribution in [3.8, 4) is 5.75 Å². The summed E-state index contributed by atoms with van der Waals surface area (Å²) in [6.45, 7) is 6.85.